The average Bonchev–Trinajstić information content (AvgIpc) is 2.38. The quantitative estimate of drug-likeness (QED) is 0.888. The van der Waals surface area contributed by atoms with Crippen LogP contribution in [0.3, 0.4) is 0 Å². The fourth-order valence-electron chi connectivity index (χ4n) is 2.09. The summed E-state index contributed by atoms with van der Waals surface area (Å²) >= 11 is 3.51. The van der Waals surface area contributed by atoms with E-state index in [1.807, 2.05) is 13.8 Å². The minimum atomic E-state index is 0.534. The molecule has 0 aliphatic carbocycles. The molecule has 5 heteroatoms. The van der Waals surface area contributed by atoms with Gasteiger partial charge in [0.2, 0.25) is 0 Å². The number of nitrogens with zero attached hydrogens (tertiary/aromatic N) is 2. The molecule has 0 saturated heterocycles. The first-order valence-corrected chi connectivity index (χ1v) is 7.38. The maximum absolute atomic E-state index is 5.95. The predicted octanol–water partition coefficient (Wildman–Crippen LogP) is 4.05. The van der Waals surface area contributed by atoms with E-state index < -0.39 is 0 Å². The highest BCUT2D eigenvalue weighted by Crippen LogP contribution is 2.29. The first kappa shape index (κ1) is 14.8. The van der Waals surface area contributed by atoms with Gasteiger partial charge in [-0.15, -0.1) is 0 Å². The number of nitrogen functional groups attached to an aromatic ring is 1. The van der Waals surface area contributed by atoms with E-state index in [2.05, 4.69) is 57.2 Å². The van der Waals surface area contributed by atoms with Crippen molar-refractivity contribution in [2.75, 3.05) is 11.1 Å². The van der Waals surface area contributed by atoms with Gasteiger partial charge in [-0.05, 0) is 44.0 Å². The van der Waals surface area contributed by atoms with E-state index in [4.69, 9.17) is 5.73 Å². The van der Waals surface area contributed by atoms with Gasteiger partial charge in [0.15, 0.2) is 0 Å². The van der Waals surface area contributed by atoms with Crippen molar-refractivity contribution in [1.29, 1.82) is 0 Å². The number of nitrogens with one attached hydrogen (secondary N) is 1. The lowest BCUT2D eigenvalue weighted by atomic mass is 10.1. The monoisotopic (exact) mass is 334 g/mol. The van der Waals surface area contributed by atoms with Crippen LogP contribution >= 0.6 is 15.9 Å². The zero-order valence-corrected chi connectivity index (χ0v) is 13.8. The van der Waals surface area contributed by atoms with Crippen LogP contribution in [0.1, 0.15) is 29.4 Å². The number of nitrogens with two attached hydrogens (primary N) is 1. The molecule has 0 bridgehead atoms. The summed E-state index contributed by atoms with van der Waals surface area (Å²) in [5, 5.41) is 3.40. The van der Waals surface area contributed by atoms with Gasteiger partial charge in [-0.1, -0.05) is 22.9 Å². The third-order valence-electron chi connectivity index (χ3n) is 3.29. The second-order valence-electron chi connectivity index (χ2n) is 4.89. The molecule has 2 aromatic rings. The SMILES string of the molecule is CCc1nc(N)c(C)c(Nc2c(C)cc(Br)cc2C)n1. The highest BCUT2D eigenvalue weighted by atomic mass is 79.9. The number of aryl methyl sites for hydroxylation is 3. The van der Waals surface area contributed by atoms with Crippen molar-refractivity contribution in [3.8, 4) is 0 Å². The maximum atomic E-state index is 5.95. The lowest BCUT2D eigenvalue weighted by molar-refractivity contribution is 0.939. The van der Waals surface area contributed by atoms with Crippen molar-refractivity contribution in [3.05, 3.63) is 39.1 Å². The van der Waals surface area contributed by atoms with Crippen LogP contribution in [0.5, 0.6) is 0 Å². The van der Waals surface area contributed by atoms with Gasteiger partial charge >= 0.3 is 0 Å². The van der Waals surface area contributed by atoms with Crippen LogP contribution in [0.25, 0.3) is 0 Å². The van der Waals surface area contributed by atoms with Gasteiger partial charge in [-0.2, -0.15) is 0 Å². The number of hydrogen-bond acceptors (Lipinski definition) is 4. The summed E-state index contributed by atoms with van der Waals surface area (Å²) in [5.41, 5.74) is 10.2. The van der Waals surface area contributed by atoms with E-state index in [-0.39, 0.29) is 0 Å². The molecule has 2 rings (SSSR count). The van der Waals surface area contributed by atoms with Gasteiger partial charge in [0.25, 0.3) is 0 Å². The van der Waals surface area contributed by atoms with E-state index in [9.17, 15) is 0 Å². The van der Waals surface area contributed by atoms with Crippen LogP contribution in [-0.4, -0.2) is 9.97 Å². The summed E-state index contributed by atoms with van der Waals surface area (Å²) in [6.07, 6.45) is 0.761. The summed E-state index contributed by atoms with van der Waals surface area (Å²) < 4.78 is 1.08. The summed E-state index contributed by atoms with van der Waals surface area (Å²) in [6, 6.07) is 4.16. The number of hydrogen-bond donors (Lipinski definition) is 2. The van der Waals surface area contributed by atoms with Gasteiger partial charge < -0.3 is 11.1 Å². The van der Waals surface area contributed by atoms with Crippen molar-refractivity contribution >= 4 is 33.3 Å². The van der Waals surface area contributed by atoms with E-state index >= 15 is 0 Å². The average molecular weight is 335 g/mol. The van der Waals surface area contributed by atoms with Crippen LogP contribution in [0.4, 0.5) is 17.3 Å². The Kier molecular flexibility index (Phi) is 4.28. The van der Waals surface area contributed by atoms with Crippen molar-refractivity contribution < 1.29 is 0 Å². The highest BCUT2D eigenvalue weighted by Gasteiger charge is 2.11. The molecule has 1 aromatic heterocycles. The minimum Gasteiger partial charge on any atom is -0.383 e. The van der Waals surface area contributed by atoms with Gasteiger partial charge in [-0.25, -0.2) is 9.97 Å². The first-order valence-electron chi connectivity index (χ1n) is 6.59. The van der Waals surface area contributed by atoms with Crippen LogP contribution in [-0.2, 0) is 6.42 Å². The number of halogens is 1. The first-order chi connectivity index (χ1) is 9.42. The van der Waals surface area contributed by atoms with Crippen LogP contribution in [0, 0.1) is 20.8 Å². The number of anilines is 3. The Hall–Kier alpha value is -1.62. The number of benzene rings is 1. The molecule has 0 aliphatic rings. The van der Waals surface area contributed by atoms with Gasteiger partial charge in [0.05, 0.1) is 0 Å². The summed E-state index contributed by atoms with van der Waals surface area (Å²) in [7, 11) is 0. The Morgan fingerprint density at radius 3 is 2.30 bits per heavy atom. The molecule has 0 aliphatic heterocycles. The van der Waals surface area contributed by atoms with E-state index in [1.54, 1.807) is 0 Å². The standard InChI is InChI=1S/C15H19BrN4/c1-5-12-18-14(17)10(4)15(19-12)20-13-8(2)6-11(16)7-9(13)3/h6-7H,5H2,1-4H3,(H3,17,18,19,20). The maximum Gasteiger partial charge on any atom is 0.139 e. The molecule has 0 unspecified atom stereocenters. The van der Waals surface area contributed by atoms with Crippen molar-refractivity contribution in [2.45, 2.75) is 34.1 Å². The lowest BCUT2D eigenvalue weighted by Gasteiger charge is -2.16. The fourth-order valence-corrected chi connectivity index (χ4v) is 2.77. The molecule has 4 nitrogen and oxygen atoms in total. The van der Waals surface area contributed by atoms with Gasteiger partial charge in [0, 0.05) is 22.1 Å². The van der Waals surface area contributed by atoms with Crippen LogP contribution < -0.4 is 11.1 Å². The molecule has 3 N–H and O–H groups in total. The fraction of sp³-hybridized carbons (Fsp3) is 0.333. The largest absolute Gasteiger partial charge is 0.383 e. The Morgan fingerprint density at radius 2 is 1.75 bits per heavy atom. The smallest absolute Gasteiger partial charge is 0.139 e. The van der Waals surface area contributed by atoms with Crippen molar-refractivity contribution in [1.82, 2.24) is 9.97 Å². The molecule has 20 heavy (non-hydrogen) atoms. The molecular weight excluding hydrogens is 316 g/mol. The van der Waals surface area contributed by atoms with E-state index in [0.717, 1.165) is 44.9 Å². The molecule has 0 fully saturated rings. The van der Waals surface area contributed by atoms with Crippen LogP contribution in [0.15, 0.2) is 16.6 Å². The Balaban J connectivity index is 2.47. The van der Waals surface area contributed by atoms with Gasteiger partial charge in [0.1, 0.15) is 17.5 Å². The third-order valence-corrected chi connectivity index (χ3v) is 3.74. The molecule has 1 aromatic carbocycles. The molecule has 0 radical (unpaired) electrons. The highest BCUT2D eigenvalue weighted by molar-refractivity contribution is 9.10. The van der Waals surface area contributed by atoms with Gasteiger partial charge in [-0.3, -0.25) is 0 Å². The Bertz CT molecular complexity index is 630. The van der Waals surface area contributed by atoms with E-state index in [0.29, 0.717) is 5.82 Å². The Morgan fingerprint density at radius 1 is 1.15 bits per heavy atom. The second kappa shape index (κ2) is 5.79. The lowest BCUT2D eigenvalue weighted by Crippen LogP contribution is -2.07. The normalized spacial score (nSPS) is 10.7. The summed E-state index contributed by atoms with van der Waals surface area (Å²) in [5.74, 6) is 2.07. The molecule has 1 heterocycles. The molecule has 0 spiro atoms. The molecule has 0 amide bonds. The van der Waals surface area contributed by atoms with Crippen LogP contribution in [0.2, 0.25) is 0 Å². The zero-order chi connectivity index (χ0) is 14.9. The Labute approximate surface area is 128 Å². The molecular formula is C15H19BrN4. The van der Waals surface area contributed by atoms with Crippen molar-refractivity contribution in [2.24, 2.45) is 0 Å². The zero-order valence-electron chi connectivity index (χ0n) is 12.2. The summed E-state index contributed by atoms with van der Waals surface area (Å²) in [6.45, 7) is 8.09. The van der Waals surface area contributed by atoms with Crippen molar-refractivity contribution in [3.63, 3.8) is 0 Å². The number of aromatic nitrogens is 2. The second-order valence-corrected chi connectivity index (χ2v) is 5.81. The molecule has 0 atom stereocenters. The van der Waals surface area contributed by atoms with E-state index in [1.165, 1.54) is 0 Å². The predicted molar refractivity (Wildman–Crippen MR) is 87.5 cm³/mol. The molecule has 0 saturated carbocycles. The number of rotatable bonds is 3. The summed E-state index contributed by atoms with van der Waals surface area (Å²) in [4.78, 5) is 8.81. The molecule has 106 valence electrons. The third kappa shape index (κ3) is 2.93. The topological polar surface area (TPSA) is 63.8 Å². The minimum absolute atomic E-state index is 0.534.